The maximum Gasteiger partial charge on any atom is 0.287 e. The maximum atomic E-state index is 13.7. The van der Waals surface area contributed by atoms with Gasteiger partial charge < -0.3 is 14.6 Å². The lowest BCUT2D eigenvalue weighted by Gasteiger charge is -2.30. The highest BCUT2D eigenvalue weighted by Gasteiger charge is 2.53. The summed E-state index contributed by atoms with van der Waals surface area (Å²) in [4.78, 5) is 17.9. The number of rotatable bonds is 6. The van der Waals surface area contributed by atoms with Crippen molar-refractivity contribution in [2.45, 2.75) is 25.0 Å². The maximum absolute atomic E-state index is 13.7. The number of carbonyl (C=O) groups excluding carboxylic acids is 1. The van der Waals surface area contributed by atoms with Gasteiger partial charge in [-0.3, -0.25) is 4.79 Å². The minimum atomic E-state index is -3.53. The quantitative estimate of drug-likeness (QED) is 0.534. The molecule has 0 spiro atoms. The lowest BCUT2D eigenvalue weighted by Crippen LogP contribution is -2.51. The average molecular weight is 477 g/mol. The number of fused-ring (bicyclic) bond motifs is 1. The van der Waals surface area contributed by atoms with E-state index >= 15 is 0 Å². The summed E-state index contributed by atoms with van der Waals surface area (Å²) in [5, 5.41) is 14.1. The first-order valence-corrected chi connectivity index (χ1v) is 10.0. The van der Waals surface area contributed by atoms with Gasteiger partial charge in [0, 0.05) is 17.4 Å². The first-order valence-electron chi connectivity index (χ1n) is 10.0. The zero-order valence-corrected chi connectivity index (χ0v) is 18.0. The molecule has 0 aliphatic carbocycles. The molecule has 1 aliphatic rings. The fourth-order valence-corrected chi connectivity index (χ4v) is 3.71. The summed E-state index contributed by atoms with van der Waals surface area (Å²) in [5.41, 5.74) is -3.21. The van der Waals surface area contributed by atoms with Gasteiger partial charge >= 0.3 is 0 Å². The SMILES string of the molecule is COc1ccc(-c2cc(C(=O)N3N=C(C(F)F)C[C@]3(O)C(F)F)c3ccccc3n2)cc1OC. The van der Waals surface area contributed by atoms with Crippen molar-refractivity contribution in [2.24, 2.45) is 5.10 Å². The van der Waals surface area contributed by atoms with Gasteiger partial charge in [0.05, 0.1) is 31.0 Å². The van der Waals surface area contributed by atoms with Crippen molar-refractivity contribution in [1.82, 2.24) is 9.99 Å². The minimum Gasteiger partial charge on any atom is -0.493 e. The second-order valence-corrected chi connectivity index (χ2v) is 7.51. The number of aromatic nitrogens is 1. The van der Waals surface area contributed by atoms with E-state index in [0.29, 0.717) is 22.6 Å². The molecule has 178 valence electrons. The van der Waals surface area contributed by atoms with Crippen LogP contribution in [0.5, 0.6) is 11.5 Å². The Morgan fingerprint density at radius 3 is 2.41 bits per heavy atom. The topological polar surface area (TPSA) is 84.2 Å². The summed E-state index contributed by atoms with van der Waals surface area (Å²) < 4.78 is 64.3. The third kappa shape index (κ3) is 3.92. The predicted molar refractivity (Wildman–Crippen MR) is 115 cm³/mol. The van der Waals surface area contributed by atoms with Crippen molar-refractivity contribution in [2.75, 3.05) is 14.2 Å². The number of methoxy groups -OCH3 is 2. The van der Waals surface area contributed by atoms with Crippen LogP contribution in [0.4, 0.5) is 17.6 Å². The molecule has 2 heterocycles. The molecule has 1 amide bonds. The van der Waals surface area contributed by atoms with Crippen molar-refractivity contribution in [3.05, 3.63) is 54.1 Å². The number of hydrazone groups is 1. The monoisotopic (exact) mass is 477 g/mol. The molecule has 34 heavy (non-hydrogen) atoms. The van der Waals surface area contributed by atoms with Crippen molar-refractivity contribution in [3.63, 3.8) is 0 Å². The Hall–Kier alpha value is -3.73. The standard InChI is InChI=1S/C23H19F4N3O4/c1-33-18-8-7-12(9-19(18)34-2)16-10-14(13-5-3-4-6-15(13)28-16)21(31)30-23(32,22(26)27)11-17(29-30)20(24)25/h3-10,20,22,32H,11H2,1-2H3/t23-/m0/s1. The Morgan fingerprint density at radius 1 is 1.06 bits per heavy atom. The molecule has 1 N–H and O–H groups in total. The van der Waals surface area contributed by atoms with E-state index in [-0.39, 0.29) is 21.7 Å². The third-order valence-electron chi connectivity index (χ3n) is 5.46. The van der Waals surface area contributed by atoms with Crippen LogP contribution in [0.3, 0.4) is 0 Å². The van der Waals surface area contributed by atoms with Crippen molar-refractivity contribution in [3.8, 4) is 22.8 Å². The fourth-order valence-electron chi connectivity index (χ4n) is 3.71. The zero-order valence-electron chi connectivity index (χ0n) is 18.0. The number of alkyl halides is 4. The number of benzene rings is 2. The number of para-hydroxylation sites is 1. The molecule has 0 fully saturated rings. The van der Waals surface area contributed by atoms with Gasteiger partial charge in [-0.2, -0.15) is 10.1 Å². The summed E-state index contributed by atoms with van der Waals surface area (Å²) in [6.45, 7) is 0. The van der Waals surface area contributed by atoms with E-state index in [0.717, 1.165) is 0 Å². The van der Waals surface area contributed by atoms with Gasteiger partial charge in [0.1, 0.15) is 5.71 Å². The number of amides is 1. The molecular formula is C23H19F4N3O4. The van der Waals surface area contributed by atoms with Gasteiger partial charge in [0.15, 0.2) is 11.5 Å². The molecule has 3 aromatic rings. The number of hydrogen-bond acceptors (Lipinski definition) is 6. The Morgan fingerprint density at radius 2 is 1.76 bits per heavy atom. The number of halogens is 4. The van der Waals surface area contributed by atoms with Crippen molar-refractivity contribution in [1.29, 1.82) is 0 Å². The van der Waals surface area contributed by atoms with Gasteiger partial charge in [-0.1, -0.05) is 18.2 Å². The molecule has 4 rings (SSSR count). The molecule has 2 aromatic carbocycles. The molecule has 0 bridgehead atoms. The second-order valence-electron chi connectivity index (χ2n) is 7.51. The molecule has 1 aliphatic heterocycles. The van der Waals surface area contributed by atoms with Gasteiger partial charge in [-0.25, -0.2) is 22.5 Å². The Labute approximate surface area is 191 Å². The molecule has 0 saturated carbocycles. The zero-order chi connectivity index (χ0) is 24.6. The molecule has 1 aromatic heterocycles. The van der Waals surface area contributed by atoms with Crippen molar-refractivity contribution >= 4 is 22.5 Å². The van der Waals surface area contributed by atoms with Crippen LogP contribution in [0, 0.1) is 0 Å². The number of hydrogen-bond donors (Lipinski definition) is 1. The lowest BCUT2D eigenvalue weighted by atomic mass is 10.0. The van der Waals surface area contributed by atoms with E-state index in [4.69, 9.17) is 9.47 Å². The molecule has 7 nitrogen and oxygen atoms in total. The summed E-state index contributed by atoms with van der Waals surface area (Å²) >= 11 is 0. The first-order chi connectivity index (χ1) is 16.2. The smallest absolute Gasteiger partial charge is 0.287 e. The van der Waals surface area contributed by atoms with Gasteiger partial charge in [-0.05, 0) is 30.3 Å². The Bertz CT molecular complexity index is 1280. The summed E-state index contributed by atoms with van der Waals surface area (Å²) in [6, 6.07) is 12.6. The number of aliphatic hydroxyl groups is 1. The largest absolute Gasteiger partial charge is 0.493 e. The number of pyridine rings is 1. The first kappa shape index (κ1) is 23.4. The molecular weight excluding hydrogens is 458 g/mol. The summed E-state index contributed by atoms with van der Waals surface area (Å²) in [6.07, 6.45) is -7.91. The average Bonchev–Trinajstić information content (AvgIpc) is 3.21. The minimum absolute atomic E-state index is 0.0410. The highest BCUT2D eigenvalue weighted by molar-refractivity contribution is 6.08. The van der Waals surface area contributed by atoms with Crippen LogP contribution in [-0.2, 0) is 0 Å². The fraction of sp³-hybridized carbons (Fsp3) is 0.261. The van der Waals surface area contributed by atoms with Crippen LogP contribution in [0.1, 0.15) is 16.8 Å². The van der Waals surface area contributed by atoms with E-state index in [2.05, 4.69) is 10.1 Å². The van der Waals surface area contributed by atoms with Crippen LogP contribution in [-0.4, -0.2) is 59.5 Å². The van der Waals surface area contributed by atoms with Crippen LogP contribution in [0.25, 0.3) is 22.2 Å². The van der Waals surface area contributed by atoms with E-state index < -0.39 is 36.6 Å². The number of carbonyl (C=O) groups is 1. The van der Waals surface area contributed by atoms with Crippen LogP contribution < -0.4 is 9.47 Å². The van der Waals surface area contributed by atoms with E-state index in [9.17, 15) is 27.5 Å². The van der Waals surface area contributed by atoms with Crippen LogP contribution in [0.15, 0.2) is 53.6 Å². The number of nitrogens with zero attached hydrogens (tertiary/aromatic N) is 3. The normalized spacial score (nSPS) is 18.0. The Balaban J connectivity index is 1.88. The van der Waals surface area contributed by atoms with E-state index in [1.807, 2.05) is 0 Å². The summed E-state index contributed by atoms with van der Waals surface area (Å²) in [7, 11) is 2.92. The molecule has 0 unspecified atom stereocenters. The van der Waals surface area contributed by atoms with Crippen LogP contribution >= 0.6 is 0 Å². The van der Waals surface area contributed by atoms with Crippen LogP contribution in [0.2, 0.25) is 0 Å². The third-order valence-corrected chi connectivity index (χ3v) is 5.46. The van der Waals surface area contributed by atoms with Gasteiger partial charge in [-0.15, -0.1) is 0 Å². The molecule has 11 heteroatoms. The van der Waals surface area contributed by atoms with Gasteiger partial charge in [0.25, 0.3) is 18.8 Å². The summed E-state index contributed by atoms with van der Waals surface area (Å²) in [5.74, 6) is -0.323. The molecule has 0 saturated heterocycles. The van der Waals surface area contributed by atoms with E-state index in [1.54, 1.807) is 36.4 Å². The molecule has 0 radical (unpaired) electrons. The van der Waals surface area contributed by atoms with Gasteiger partial charge in [0.2, 0.25) is 5.72 Å². The second kappa shape index (κ2) is 8.90. The highest BCUT2D eigenvalue weighted by atomic mass is 19.3. The molecule has 1 atom stereocenters. The van der Waals surface area contributed by atoms with E-state index in [1.165, 1.54) is 26.4 Å². The lowest BCUT2D eigenvalue weighted by molar-refractivity contribution is -0.164. The number of ether oxygens (including phenoxy) is 2. The predicted octanol–water partition coefficient (Wildman–Crippen LogP) is 4.34. The Kier molecular flexibility index (Phi) is 6.13. The van der Waals surface area contributed by atoms with Crippen molar-refractivity contribution < 1.29 is 36.9 Å². The highest BCUT2D eigenvalue weighted by Crippen LogP contribution is 2.37.